The van der Waals surface area contributed by atoms with E-state index >= 15 is 0 Å². The van der Waals surface area contributed by atoms with Gasteiger partial charge >= 0.3 is 6.18 Å². The molecule has 0 saturated heterocycles. The number of hydrogen-bond acceptors (Lipinski definition) is 2. The Morgan fingerprint density at radius 3 is 2.24 bits per heavy atom. The molecule has 2 N–H and O–H groups in total. The van der Waals surface area contributed by atoms with E-state index in [1.54, 1.807) is 0 Å². The van der Waals surface area contributed by atoms with Crippen LogP contribution in [0.2, 0.25) is 0 Å². The van der Waals surface area contributed by atoms with Gasteiger partial charge < -0.3 is 10.6 Å². The highest BCUT2D eigenvalue weighted by molar-refractivity contribution is 5.31. The van der Waals surface area contributed by atoms with Gasteiger partial charge in [-0.2, -0.15) is 13.2 Å². The van der Waals surface area contributed by atoms with Crippen molar-refractivity contribution in [3.63, 3.8) is 0 Å². The zero-order valence-corrected chi connectivity index (χ0v) is 12.2. The average Bonchev–Trinajstić information content (AvgIpc) is 2.87. The minimum atomic E-state index is -4.71. The quantitative estimate of drug-likeness (QED) is 0.862. The van der Waals surface area contributed by atoms with E-state index in [1.807, 2.05) is 19.0 Å². The summed E-state index contributed by atoms with van der Waals surface area (Å²) in [5, 5.41) is 0. The molecule has 1 aliphatic carbocycles. The third-order valence-electron chi connectivity index (χ3n) is 4.59. The molecule has 0 radical (unpaired) electrons. The monoisotopic (exact) mass is 304 g/mol. The molecule has 0 heterocycles. The molecule has 6 heteroatoms. The van der Waals surface area contributed by atoms with Crippen LogP contribution in [-0.2, 0) is 6.18 Å². The predicted molar refractivity (Wildman–Crippen MR) is 73.2 cm³/mol. The van der Waals surface area contributed by atoms with Crippen molar-refractivity contribution in [2.75, 3.05) is 14.1 Å². The summed E-state index contributed by atoms with van der Waals surface area (Å²) in [6.07, 6.45) is -1.04. The first-order chi connectivity index (χ1) is 9.68. The molecule has 0 aromatic heterocycles. The summed E-state index contributed by atoms with van der Waals surface area (Å²) in [6.45, 7) is 0. The summed E-state index contributed by atoms with van der Waals surface area (Å²) in [5.41, 5.74) is 4.99. The Morgan fingerprint density at radius 1 is 1.19 bits per heavy atom. The fraction of sp³-hybridized carbons (Fsp3) is 0.600. The predicted octanol–water partition coefficient (Wildman–Crippen LogP) is 3.72. The summed E-state index contributed by atoms with van der Waals surface area (Å²) in [5.74, 6) is -1.26. The van der Waals surface area contributed by atoms with E-state index in [1.165, 1.54) is 6.07 Å². The van der Waals surface area contributed by atoms with Gasteiger partial charge in [-0.05, 0) is 44.6 Å². The van der Waals surface area contributed by atoms with E-state index in [9.17, 15) is 17.6 Å². The highest BCUT2D eigenvalue weighted by Gasteiger charge is 2.43. The van der Waals surface area contributed by atoms with Crippen molar-refractivity contribution < 1.29 is 17.6 Å². The molecule has 1 aromatic carbocycles. The Morgan fingerprint density at radius 2 is 1.76 bits per heavy atom. The SMILES string of the molecule is CN(C)C1(C(N)c2ccc(F)c(C(F)(F)F)c2)CCCC1. The first-order valence-electron chi connectivity index (χ1n) is 6.98. The van der Waals surface area contributed by atoms with Crippen molar-refractivity contribution in [2.24, 2.45) is 5.73 Å². The molecule has 2 nitrogen and oxygen atoms in total. The smallest absolute Gasteiger partial charge is 0.322 e. The molecule has 1 aliphatic rings. The van der Waals surface area contributed by atoms with Crippen LogP contribution in [0, 0.1) is 5.82 Å². The number of rotatable bonds is 3. The lowest BCUT2D eigenvalue weighted by Gasteiger charge is -2.41. The molecule has 1 aromatic rings. The third-order valence-corrected chi connectivity index (χ3v) is 4.59. The zero-order valence-electron chi connectivity index (χ0n) is 12.2. The number of halogens is 4. The Labute approximate surface area is 121 Å². The third kappa shape index (κ3) is 2.92. The van der Waals surface area contributed by atoms with E-state index in [0.717, 1.165) is 37.8 Å². The first-order valence-corrected chi connectivity index (χ1v) is 6.98. The standard InChI is InChI=1S/C15H20F4N2/c1-21(2)14(7-3-4-8-14)13(20)10-5-6-12(16)11(9-10)15(17,18)19/h5-6,9,13H,3-4,7-8,20H2,1-2H3. The van der Waals surface area contributed by atoms with Gasteiger partial charge in [0, 0.05) is 11.6 Å². The molecule has 1 saturated carbocycles. The lowest BCUT2D eigenvalue weighted by molar-refractivity contribution is -0.140. The fourth-order valence-electron chi connectivity index (χ4n) is 3.29. The van der Waals surface area contributed by atoms with E-state index in [-0.39, 0.29) is 5.54 Å². The Balaban J connectivity index is 2.42. The lowest BCUT2D eigenvalue weighted by Crippen LogP contribution is -2.50. The number of alkyl halides is 3. The molecule has 0 aliphatic heterocycles. The van der Waals surface area contributed by atoms with Crippen LogP contribution in [0.3, 0.4) is 0 Å². The Bertz CT molecular complexity index is 505. The summed E-state index contributed by atoms with van der Waals surface area (Å²) in [7, 11) is 3.78. The van der Waals surface area contributed by atoms with Gasteiger partial charge in [-0.15, -0.1) is 0 Å². The van der Waals surface area contributed by atoms with Crippen molar-refractivity contribution in [2.45, 2.75) is 43.4 Å². The maximum atomic E-state index is 13.4. The summed E-state index contributed by atoms with van der Waals surface area (Å²) < 4.78 is 51.9. The number of nitrogens with zero attached hydrogens (tertiary/aromatic N) is 1. The van der Waals surface area contributed by atoms with Crippen LogP contribution in [0.25, 0.3) is 0 Å². The van der Waals surface area contributed by atoms with Crippen molar-refractivity contribution in [3.8, 4) is 0 Å². The van der Waals surface area contributed by atoms with E-state index in [0.29, 0.717) is 5.56 Å². The Kier molecular flexibility index (Phi) is 4.31. The van der Waals surface area contributed by atoms with Gasteiger partial charge in [0.15, 0.2) is 0 Å². The summed E-state index contributed by atoms with van der Waals surface area (Å²) in [4.78, 5) is 1.99. The second-order valence-corrected chi connectivity index (χ2v) is 5.92. The van der Waals surface area contributed by atoms with Crippen molar-refractivity contribution >= 4 is 0 Å². The van der Waals surface area contributed by atoms with Crippen LogP contribution < -0.4 is 5.73 Å². The maximum absolute atomic E-state index is 13.4. The molecular weight excluding hydrogens is 284 g/mol. The minimum absolute atomic E-state index is 0.333. The largest absolute Gasteiger partial charge is 0.419 e. The van der Waals surface area contributed by atoms with Crippen molar-refractivity contribution in [3.05, 3.63) is 35.1 Å². The fourth-order valence-corrected chi connectivity index (χ4v) is 3.29. The normalized spacial score (nSPS) is 20.0. The molecule has 1 fully saturated rings. The number of benzene rings is 1. The minimum Gasteiger partial charge on any atom is -0.322 e. The first kappa shape index (κ1) is 16.2. The number of nitrogens with two attached hydrogens (primary N) is 1. The van der Waals surface area contributed by atoms with E-state index in [4.69, 9.17) is 5.73 Å². The van der Waals surface area contributed by atoms with Crippen LogP contribution in [0.4, 0.5) is 17.6 Å². The molecule has 0 spiro atoms. The molecule has 1 unspecified atom stereocenters. The van der Waals surface area contributed by atoms with Gasteiger partial charge in [0.25, 0.3) is 0 Å². The van der Waals surface area contributed by atoms with Crippen LogP contribution in [0.15, 0.2) is 18.2 Å². The second-order valence-electron chi connectivity index (χ2n) is 5.92. The van der Waals surface area contributed by atoms with E-state index in [2.05, 4.69) is 0 Å². The lowest BCUT2D eigenvalue weighted by atomic mass is 9.82. The van der Waals surface area contributed by atoms with Crippen molar-refractivity contribution in [1.29, 1.82) is 0 Å². The van der Waals surface area contributed by atoms with Gasteiger partial charge in [-0.25, -0.2) is 4.39 Å². The summed E-state index contributed by atoms with van der Waals surface area (Å²) in [6, 6.07) is 2.50. The van der Waals surface area contributed by atoms with Crippen molar-refractivity contribution in [1.82, 2.24) is 4.90 Å². The van der Waals surface area contributed by atoms with Gasteiger partial charge in [0.05, 0.1) is 5.56 Å². The van der Waals surface area contributed by atoms with Crippen LogP contribution in [-0.4, -0.2) is 24.5 Å². The highest BCUT2D eigenvalue weighted by atomic mass is 19.4. The Hall–Kier alpha value is -1.14. The van der Waals surface area contributed by atoms with Gasteiger partial charge in [0.2, 0.25) is 0 Å². The number of hydrogen-bond donors (Lipinski definition) is 1. The van der Waals surface area contributed by atoms with E-state index < -0.39 is 23.6 Å². The van der Waals surface area contributed by atoms with Crippen LogP contribution >= 0.6 is 0 Å². The van der Waals surface area contributed by atoms with Gasteiger partial charge in [0.1, 0.15) is 5.82 Å². The second kappa shape index (κ2) is 5.57. The molecule has 118 valence electrons. The average molecular weight is 304 g/mol. The van der Waals surface area contributed by atoms with Crippen LogP contribution in [0.5, 0.6) is 0 Å². The highest BCUT2D eigenvalue weighted by Crippen LogP contribution is 2.43. The zero-order chi connectivity index (χ0) is 15.8. The topological polar surface area (TPSA) is 29.3 Å². The summed E-state index contributed by atoms with van der Waals surface area (Å²) >= 11 is 0. The molecule has 0 bridgehead atoms. The number of likely N-dealkylation sites (N-methyl/N-ethyl adjacent to an activating group) is 1. The maximum Gasteiger partial charge on any atom is 0.419 e. The van der Waals surface area contributed by atoms with Gasteiger partial charge in [-0.3, -0.25) is 0 Å². The molecule has 0 amide bonds. The van der Waals surface area contributed by atoms with Gasteiger partial charge in [-0.1, -0.05) is 18.9 Å². The molecule has 1 atom stereocenters. The molecule has 2 rings (SSSR count). The molecular formula is C15H20F4N2. The molecule has 21 heavy (non-hydrogen) atoms. The van der Waals surface area contributed by atoms with Crippen LogP contribution in [0.1, 0.15) is 42.9 Å².